The van der Waals surface area contributed by atoms with E-state index in [9.17, 15) is 0 Å². The number of rotatable bonds is 7. The van der Waals surface area contributed by atoms with Gasteiger partial charge >= 0.3 is 0 Å². The lowest BCUT2D eigenvalue weighted by atomic mass is 10.1. The average molecular weight is 259 g/mol. The molecule has 0 atom stereocenters. The van der Waals surface area contributed by atoms with Gasteiger partial charge in [0.05, 0.1) is 6.26 Å². The molecule has 3 rings (SSSR count). The summed E-state index contributed by atoms with van der Waals surface area (Å²) >= 11 is 0. The van der Waals surface area contributed by atoms with E-state index in [1.807, 2.05) is 18.4 Å². The number of fused-ring (bicyclic) bond motifs is 1. The molecule has 0 saturated heterocycles. The molecule has 1 aliphatic rings. The molecule has 0 radical (unpaired) electrons. The molecule has 1 aliphatic carbocycles. The number of hydrogen-bond donors (Lipinski definition) is 1. The average Bonchev–Trinajstić information content (AvgIpc) is 3.21. The molecule has 1 aromatic carbocycles. The summed E-state index contributed by atoms with van der Waals surface area (Å²) < 4.78 is 5.61. The fourth-order valence-electron chi connectivity index (χ4n) is 2.63. The summed E-state index contributed by atoms with van der Waals surface area (Å²) in [6.07, 6.45) is 6.49. The highest BCUT2D eigenvalue weighted by atomic mass is 16.3. The van der Waals surface area contributed by atoms with Crippen molar-refractivity contribution in [1.29, 1.82) is 0 Å². The third-order valence-corrected chi connectivity index (χ3v) is 3.85. The van der Waals surface area contributed by atoms with Crippen LogP contribution in [-0.2, 0) is 6.54 Å². The molecule has 3 nitrogen and oxygen atoms in total. The van der Waals surface area contributed by atoms with E-state index in [2.05, 4.69) is 17.0 Å². The van der Waals surface area contributed by atoms with Crippen molar-refractivity contribution in [2.45, 2.75) is 38.3 Å². The molecule has 0 aliphatic heterocycles. The van der Waals surface area contributed by atoms with E-state index in [1.54, 1.807) is 0 Å². The Morgan fingerprint density at radius 2 is 2.05 bits per heavy atom. The highest BCUT2D eigenvalue weighted by Crippen LogP contribution is 2.30. The van der Waals surface area contributed by atoms with E-state index < -0.39 is 0 Å². The largest absolute Gasteiger partial charge is 0.464 e. The quantitative estimate of drug-likeness (QED) is 0.776. The summed E-state index contributed by atoms with van der Waals surface area (Å²) in [4.78, 5) is 2.53. The predicted molar refractivity (Wildman–Crippen MR) is 76.0 cm³/mol. The van der Waals surface area contributed by atoms with E-state index in [0.29, 0.717) is 6.61 Å². The summed E-state index contributed by atoms with van der Waals surface area (Å²) in [5, 5.41) is 10.1. The molecule has 0 amide bonds. The lowest BCUT2D eigenvalue weighted by molar-refractivity contribution is 0.229. The fraction of sp³-hybridized carbons (Fsp3) is 0.500. The Morgan fingerprint density at radius 3 is 2.84 bits per heavy atom. The summed E-state index contributed by atoms with van der Waals surface area (Å²) in [7, 11) is 0. The van der Waals surface area contributed by atoms with Gasteiger partial charge in [0.15, 0.2) is 0 Å². The van der Waals surface area contributed by atoms with Gasteiger partial charge in [0, 0.05) is 30.1 Å². The molecular weight excluding hydrogens is 238 g/mol. The van der Waals surface area contributed by atoms with Crippen LogP contribution in [-0.4, -0.2) is 29.2 Å². The number of aliphatic hydroxyl groups excluding tert-OH is 1. The smallest absolute Gasteiger partial charge is 0.134 e. The number of unbranched alkanes of at least 4 members (excludes halogenated alkanes) is 1. The van der Waals surface area contributed by atoms with Crippen molar-refractivity contribution in [3.63, 3.8) is 0 Å². The van der Waals surface area contributed by atoms with Gasteiger partial charge in [0.25, 0.3) is 0 Å². The van der Waals surface area contributed by atoms with Gasteiger partial charge in [-0.05, 0) is 38.3 Å². The van der Waals surface area contributed by atoms with Gasteiger partial charge in [-0.1, -0.05) is 18.2 Å². The van der Waals surface area contributed by atoms with Crippen LogP contribution in [0.2, 0.25) is 0 Å². The molecule has 0 bridgehead atoms. The Labute approximate surface area is 113 Å². The van der Waals surface area contributed by atoms with Crippen LogP contribution in [0.3, 0.4) is 0 Å². The van der Waals surface area contributed by atoms with E-state index in [1.165, 1.54) is 23.8 Å². The first-order chi connectivity index (χ1) is 9.38. The van der Waals surface area contributed by atoms with Crippen molar-refractivity contribution in [3.8, 4) is 0 Å². The van der Waals surface area contributed by atoms with Crippen LogP contribution < -0.4 is 0 Å². The Hall–Kier alpha value is -1.32. The van der Waals surface area contributed by atoms with Crippen molar-refractivity contribution in [2.24, 2.45) is 0 Å². The molecule has 3 heteroatoms. The number of nitrogens with zero attached hydrogens (tertiary/aromatic N) is 1. The second kappa shape index (κ2) is 5.76. The predicted octanol–water partition coefficient (Wildman–Crippen LogP) is 3.17. The van der Waals surface area contributed by atoms with E-state index in [0.717, 1.165) is 37.6 Å². The highest BCUT2D eigenvalue weighted by Gasteiger charge is 2.29. The Kier molecular flexibility index (Phi) is 3.85. The van der Waals surface area contributed by atoms with Gasteiger partial charge in [0.2, 0.25) is 0 Å². The third kappa shape index (κ3) is 2.99. The van der Waals surface area contributed by atoms with E-state index >= 15 is 0 Å². The molecule has 1 fully saturated rings. The van der Waals surface area contributed by atoms with Crippen molar-refractivity contribution in [1.82, 2.24) is 4.90 Å². The lowest BCUT2D eigenvalue weighted by Gasteiger charge is -2.21. The minimum atomic E-state index is 0.299. The first-order valence-corrected chi connectivity index (χ1v) is 7.18. The van der Waals surface area contributed by atoms with Crippen LogP contribution in [0.4, 0.5) is 0 Å². The third-order valence-electron chi connectivity index (χ3n) is 3.85. The van der Waals surface area contributed by atoms with Gasteiger partial charge in [-0.3, -0.25) is 4.90 Å². The summed E-state index contributed by atoms with van der Waals surface area (Å²) in [6, 6.07) is 8.97. The van der Waals surface area contributed by atoms with Crippen molar-refractivity contribution in [2.75, 3.05) is 13.2 Å². The Balaban J connectivity index is 1.70. The number of hydrogen-bond acceptors (Lipinski definition) is 3. The summed E-state index contributed by atoms with van der Waals surface area (Å²) in [5.74, 6) is 0. The summed E-state index contributed by atoms with van der Waals surface area (Å²) in [5.41, 5.74) is 2.26. The number of benzene rings is 1. The van der Waals surface area contributed by atoms with Gasteiger partial charge in [-0.2, -0.15) is 0 Å². The Bertz CT molecular complexity index is 530. The minimum absolute atomic E-state index is 0.299. The number of aliphatic hydroxyl groups is 1. The minimum Gasteiger partial charge on any atom is -0.464 e. The topological polar surface area (TPSA) is 36.6 Å². The number of furan rings is 1. The van der Waals surface area contributed by atoms with Gasteiger partial charge in [0.1, 0.15) is 5.58 Å². The molecule has 1 saturated carbocycles. The molecule has 1 aromatic heterocycles. The maximum Gasteiger partial charge on any atom is 0.134 e. The standard InChI is InChI=1S/C16H21NO2/c18-10-4-3-9-17(14-7-8-14)11-13-12-19-16-6-2-1-5-15(13)16/h1-2,5-6,12,14,18H,3-4,7-11H2. The first-order valence-electron chi connectivity index (χ1n) is 7.18. The molecule has 2 aromatic rings. The zero-order valence-electron chi connectivity index (χ0n) is 11.2. The van der Waals surface area contributed by atoms with Crippen molar-refractivity contribution >= 4 is 11.0 Å². The van der Waals surface area contributed by atoms with Gasteiger partial charge in [-0.15, -0.1) is 0 Å². The van der Waals surface area contributed by atoms with Crippen molar-refractivity contribution in [3.05, 3.63) is 36.1 Å². The molecule has 1 N–H and O–H groups in total. The van der Waals surface area contributed by atoms with Crippen LogP contribution in [0, 0.1) is 0 Å². The fourth-order valence-corrected chi connectivity index (χ4v) is 2.63. The normalized spacial score (nSPS) is 15.5. The van der Waals surface area contributed by atoms with Crippen LogP contribution in [0.1, 0.15) is 31.2 Å². The van der Waals surface area contributed by atoms with Crippen LogP contribution in [0.5, 0.6) is 0 Å². The zero-order chi connectivity index (χ0) is 13.1. The molecule has 102 valence electrons. The van der Waals surface area contributed by atoms with Crippen LogP contribution in [0.15, 0.2) is 34.9 Å². The second-order valence-corrected chi connectivity index (χ2v) is 5.39. The van der Waals surface area contributed by atoms with E-state index in [-0.39, 0.29) is 0 Å². The molecule has 1 heterocycles. The van der Waals surface area contributed by atoms with Gasteiger partial charge < -0.3 is 9.52 Å². The van der Waals surface area contributed by atoms with Crippen LogP contribution in [0.25, 0.3) is 11.0 Å². The monoisotopic (exact) mass is 259 g/mol. The summed E-state index contributed by atoms with van der Waals surface area (Å²) in [6.45, 7) is 2.34. The van der Waals surface area contributed by atoms with E-state index in [4.69, 9.17) is 9.52 Å². The molecular formula is C16H21NO2. The lowest BCUT2D eigenvalue weighted by Crippen LogP contribution is -2.26. The SMILES string of the molecule is OCCCCN(Cc1coc2ccccc12)C1CC1. The Morgan fingerprint density at radius 1 is 1.21 bits per heavy atom. The zero-order valence-corrected chi connectivity index (χ0v) is 11.2. The molecule has 0 spiro atoms. The molecule has 0 unspecified atom stereocenters. The maximum absolute atomic E-state index is 8.90. The van der Waals surface area contributed by atoms with Crippen LogP contribution >= 0.6 is 0 Å². The second-order valence-electron chi connectivity index (χ2n) is 5.39. The highest BCUT2D eigenvalue weighted by molar-refractivity contribution is 5.80. The van der Waals surface area contributed by atoms with Gasteiger partial charge in [-0.25, -0.2) is 0 Å². The number of para-hydroxylation sites is 1. The first kappa shape index (κ1) is 12.7. The van der Waals surface area contributed by atoms with Crippen molar-refractivity contribution < 1.29 is 9.52 Å². The maximum atomic E-state index is 8.90. The molecule has 19 heavy (non-hydrogen) atoms.